The Hall–Kier alpha value is -2.05. The molecule has 1 heterocycles. The van der Waals surface area contributed by atoms with E-state index in [9.17, 15) is 23.7 Å². The molecular weight excluding hydrogens is 270 g/mol. The number of rotatable bonds is 3. The Bertz CT molecular complexity index is 540. The Morgan fingerprint density at radius 2 is 2.00 bits per heavy atom. The zero-order chi connectivity index (χ0) is 14.9. The number of non-ortho nitro benzene ring substituents is 1. The molecule has 1 aliphatic heterocycles. The van der Waals surface area contributed by atoms with Gasteiger partial charge in [-0.25, -0.2) is 8.78 Å². The summed E-state index contributed by atoms with van der Waals surface area (Å²) >= 11 is 0. The predicted octanol–water partition coefficient (Wildman–Crippen LogP) is 2.68. The third-order valence-corrected chi connectivity index (χ3v) is 3.53. The normalized spacial score (nSPS) is 18.9. The summed E-state index contributed by atoms with van der Waals surface area (Å²) < 4.78 is 27.8. The van der Waals surface area contributed by atoms with Crippen LogP contribution < -0.4 is 4.90 Å². The highest BCUT2D eigenvalue weighted by Crippen LogP contribution is 2.31. The highest BCUT2D eigenvalue weighted by Gasteiger charge is 2.28. The quantitative estimate of drug-likeness (QED) is 0.632. The maximum atomic E-state index is 13.9. The molecule has 1 unspecified atom stereocenters. The SMILES string of the molecule is CC(=O)C1CCCN(c2c(F)cc([N+](=O)[O-])cc2F)C1. The maximum absolute atomic E-state index is 13.9. The van der Waals surface area contributed by atoms with Crippen LogP contribution in [0.25, 0.3) is 0 Å². The monoisotopic (exact) mass is 284 g/mol. The number of hydrogen-bond donors (Lipinski definition) is 0. The molecule has 5 nitrogen and oxygen atoms in total. The molecule has 2 rings (SSSR count). The van der Waals surface area contributed by atoms with E-state index in [2.05, 4.69) is 0 Å². The Balaban J connectivity index is 2.33. The van der Waals surface area contributed by atoms with Gasteiger partial charge in [-0.2, -0.15) is 0 Å². The van der Waals surface area contributed by atoms with Crippen LogP contribution in [0.4, 0.5) is 20.2 Å². The van der Waals surface area contributed by atoms with Gasteiger partial charge in [-0.1, -0.05) is 0 Å². The minimum atomic E-state index is -0.971. The van der Waals surface area contributed by atoms with Gasteiger partial charge in [0.05, 0.1) is 17.1 Å². The van der Waals surface area contributed by atoms with Crippen LogP contribution in [-0.2, 0) is 4.79 Å². The maximum Gasteiger partial charge on any atom is 0.275 e. The van der Waals surface area contributed by atoms with Crippen LogP contribution in [0.1, 0.15) is 19.8 Å². The average Bonchev–Trinajstić information content (AvgIpc) is 2.38. The largest absolute Gasteiger partial charge is 0.366 e. The summed E-state index contributed by atoms with van der Waals surface area (Å²) in [6.45, 7) is 2.12. The first-order chi connectivity index (χ1) is 9.40. The van der Waals surface area contributed by atoms with Crippen molar-refractivity contribution in [3.63, 3.8) is 0 Å². The third-order valence-electron chi connectivity index (χ3n) is 3.53. The van der Waals surface area contributed by atoms with Crippen molar-refractivity contribution in [3.05, 3.63) is 33.9 Å². The van der Waals surface area contributed by atoms with E-state index in [-0.39, 0.29) is 23.9 Å². The van der Waals surface area contributed by atoms with Crippen LogP contribution in [0.3, 0.4) is 0 Å². The molecule has 1 aromatic rings. The van der Waals surface area contributed by atoms with Crippen LogP contribution in [0.2, 0.25) is 0 Å². The number of anilines is 1. The van der Waals surface area contributed by atoms with Crippen LogP contribution in [-0.4, -0.2) is 23.8 Å². The second-order valence-electron chi connectivity index (χ2n) is 4.91. The predicted molar refractivity (Wildman–Crippen MR) is 68.6 cm³/mol. The number of hydrogen-bond acceptors (Lipinski definition) is 4. The van der Waals surface area contributed by atoms with Crippen molar-refractivity contribution in [2.75, 3.05) is 18.0 Å². The van der Waals surface area contributed by atoms with Crippen LogP contribution in [0.15, 0.2) is 12.1 Å². The van der Waals surface area contributed by atoms with E-state index < -0.39 is 22.2 Å². The summed E-state index contributed by atoms with van der Waals surface area (Å²) in [6.07, 6.45) is 1.35. The second-order valence-corrected chi connectivity index (χ2v) is 4.91. The van der Waals surface area contributed by atoms with Gasteiger partial charge in [-0.3, -0.25) is 14.9 Å². The zero-order valence-electron chi connectivity index (χ0n) is 10.9. The number of nitro groups is 1. The van der Waals surface area contributed by atoms with E-state index >= 15 is 0 Å². The number of benzene rings is 1. The van der Waals surface area contributed by atoms with Crippen molar-refractivity contribution in [3.8, 4) is 0 Å². The first kappa shape index (κ1) is 14.4. The van der Waals surface area contributed by atoms with Gasteiger partial charge in [-0.05, 0) is 19.8 Å². The van der Waals surface area contributed by atoms with Crippen LogP contribution in [0, 0.1) is 27.7 Å². The van der Waals surface area contributed by atoms with Gasteiger partial charge in [0.15, 0.2) is 11.6 Å². The van der Waals surface area contributed by atoms with Crippen molar-refractivity contribution in [2.24, 2.45) is 5.92 Å². The van der Waals surface area contributed by atoms with Gasteiger partial charge in [-0.15, -0.1) is 0 Å². The van der Waals surface area contributed by atoms with Gasteiger partial charge in [0, 0.05) is 19.0 Å². The molecule has 108 valence electrons. The molecule has 20 heavy (non-hydrogen) atoms. The molecule has 0 amide bonds. The topological polar surface area (TPSA) is 63.5 Å². The van der Waals surface area contributed by atoms with E-state index in [1.807, 2.05) is 0 Å². The second kappa shape index (κ2) is 5.52. The van der Waals surface area contributed by atoms with Crippen molar-refractivity contribution in [1.29, 1.82) is 0 Å². The molecule has 1 saturated heterocycles. The highest BCUT2D eigenvalue weighted by atomic mass is 19.1. The third kappa shape index (κ3) is 2.76. The molecule has 0 aliphatic carbocycles. The number of halogens is 2. The number of piperidine rings is 1. The summed E-state index contributed by atoms with van der Waals surface area (Å²) in [7, 11) is 0. The smallest absolute Gasteiger partial charge is 0.275 e. The highest BCUT2D eigenvalue weighted by molar-refractivity contribution is 5.79. The van der Waals surface area contributed by atoms with Crippen LogP contribution >= 0.6 is 0 Å². The molecule has 7 heteroatoms. The Kier molecular flexibility index (Phi) is 3.96. The fraction of sp³-hybridized carbons (Fsp3) is 0.462. The number of carbonyl (C=O) groups is 1. The fourth-order valence-electron chi connectivity index (χ4n) is 2.47. The summed E-state index contributed by atoms with van der Waals surface area (Å²) in [5.74, 6) is -2.21. The minimum Gasteiger partial charge on any atom is -0.366 e. The number of nitro benzene ring substituents is 1. The molecule has 1 aliphatic rings. The lowest BCUT2D eigenvalue weighted by Crippen LogP contribution is -2.39. The first-order valence-electron chi connectivity index (χ1n) is 6.29. The Labute approximate surface area is 114 Å². The average molecular weight is 284 g/mol. The number of ketones is 1. The molecule has 0 bridgehead atoms. The molecule has 0 aromatic heterocycles. The van der Waals surface area contributed by atoms with E-state index in [1.54, 1.807) is 0 Å². The van der Waals surface area contributed by atoms with Gasteiger partial charge in [0.25, 0.3) is 5.69 Å². The summed E-state index contributed by atoms with van der Waals surface area (Å²) in [4.78, 5) is 22.5. The summed E-state index contributed by atoms with van der Waals surface area (Å²) in [6, 6.07) is 1.41. The molecule has 0 saturated carbocycles. The molecule has 1 aromatic carbocycles. The molecule has 0 N–H and O–H groups in total. The fourth-order valence-corrected chi connectivity index (χ4v) is 2.47. The molecule has 0 spiro atoms. The zero-order valence-corrected chi connectivity index (χ0v) is 10.9. The standard InChI is InChI=1S/C13H14F2N2O3/c1-8(18)9-3-2-4-16(7-9)13-11(14)5-10(17(19)20)6-12(13)15/h5-6,9H,2-4,7H2,1H3. The van der Waals surface area contributed by atoms with Crippen molar-refractivity contribution < 1.29 is 18.5 Å². The molecule has 1 atom stereocenters. The van der Waals surface area contributed by atoms with Gasteiger partial charge in [0.1, 0.15) is 11.5 Å². The van der Waals surface area contributed by atoms with Crippen molar-refractivity contribution in [1.82, 2.24) is 0 Å². The lowest BCUT2D eigenvalue weighted by atomic mass is 9.94. The van der Waals surface area contributed by atoms with E-state index in [4.69, 9.17) is 0 Å². The van der Waals surface area contributed by atoms with Gasteiger partial charge >= 0.3 is 0 Å². The van der Waals surface area contributed by atoms with E-state index in [0.717, 1.165) is 0 Å². The molecular formula is C13H14F2N2O3. The first-order valence-corrected chi connectivity index (χ1v) is 6.29. The van der Waals surface area contributed by atoms with E-state index in [1.165, 1.54) is 11.8 Å². The summed E-state index contributed by atoms with van der Waals surface area (Å²) in [5.41, 5.74) is -0.912. The summed E-state index contributed by atoms with van der Waals surface area (Å²) in [5, 5.41) is 10.5. The van der Waals surface area contributed by atoms with Gasteiger partial charge in [0.2, 0.25) is 0 Å². The Morgan fingerprint density at radius 3 is 2.50 bits per heavy atom. The lowest BCUT2D eigenvalue weighted by Gasteiger charge is -2.33. The lowest BCUT2D eigenvalue weighted by molar-refractivity contribution is -0.385. The van der Waals surface area contributed by atoms with Crippen LogP contribution in [0.5, 0.6) is 0 Å². The number of Topliss-reactive ketones (excluding diaryl/α,β-unsaturated/α-hetero) is 1. The van der Waals surface area contributed by atoms with E-state index in [0.29, 0.717) is 31.5 Å². The van der Waals surface area contributed by atoms with Crippen molar-refractivity contribution in [2.45, 2.75) is 19.8 Å². The van der Waals surface area contributed by atoms with Crippen molar-refractivity contribution >= 4 is 17.2 Å². The Morgan fingerprint density at radius 1 is 1.40 bits per heavy atom. The molecule has 0 radical (unpaired) electrons. The van der Waals surface area contributed by atoms with Gasteiger partial charge < -0.3 is 4.90 Å². The molecule has 1 fully saturated rings. The number of nitrogens with zero attached hydrogens (tertiary/aromatic N) is 2. The number of carbonyl (C=O) groups excluding carboxylic acids is 1. The minimum absolute atomic E-state index is 0.0163.